The summed E-state index contributed by atoms with van der Waals surface area (Å²) in [5, 5.41) is 21.6. The van der Waals surface area contributed by atoms with Crippen molar-refractivity contribution in [1.29, 1.82) is 0 Å². The highest BCUT2D eigenvalue weighted by Crippen LogP contribution is 2.45. The summed E-state index contributed by atoms with van der Waals surface area (Å²) in [6, 6.07) is 17.1. The Bertz CT molecular complexity index is 1330. The Morgan fingerprint density at radius 2 is 1.67 bits per heavy atom. The minimum absolute atomic E-state index is 0.0828. The quantitative estimate of drug-likeness (QED) is 0.265. The number of benzene rings is 3. The lowest BCUT2D eigenvalue weighted by Gasteiger charge is -2.26. The third kappa shape index (κ3) is 4.45. The Labute approximate surface area is 209 Å². The fourth-order valence-corrected chi connectivity index (χ4v) is 4.26. The zero-order valence-electron chi connectivity index (χ0n) is 20.2. The van der Waals surface area contributed by atoms with Crippen LogP contribution in [0.5, 0.6) is 23.0 Å². The van der Waals surface area contributed by atoms with Gasteiger partial charge in [-0.25, -0.2) is 0 Å². The van der Waals surface area contributed by atoms with Crippen LogP contribution in [0, 0.1) is 0 Å². The fourth-order valence-electron chi connectivity index (χ4n) is 4.26. The number of carbonyl (C=O) groups is 2. The number of carbonyl (C=O) groups excluding carboxylic acids is 2. The number of phenolic OH excluding ortho intramolecular Hbond substituents is 1. The van der Waals surface area contributed by atoms with E-state index in [0.717, 1.165) is 0 Å². The first-order chi connectivity index (χ1) is 17.4. The second-order valence-corrected chi connectivity index (χ2v) is 7.96. The van der Waals surface area contributed by atoms with Crippen LogP contribution in [-0.2, 0) is 9.59 Å². The number of hydrogen-bond acceptors (Lipinski definition) is 7. The number of aromatic hydroxyl groups is 1. The number of ketones is 1. The summed E-state index contributed by atoms with van der Waals surface area (Å²) in [7, 11) is 1.45. The lowest BCUT2D eigenvalue weighted by atomic mass is 9.94. The molecule has 36 heavy (non-hydrogen) atoms. The molecule has 4 rings (SSSR count). The van der Waals surface area contributed by atoms with E-state index in [9.17, 15) is 19.8 Å². The highest BCUT2D eigenvalue weighted by Gasteiger charge is 2.47. The Hall–Kier alpha value is -4.46. The van der Waals surface area contributed by atoms with Crippen LogP contribution in [0.2, 0.25) is 0 Å². The van der Waals surface area contributed by atoms with Gasteiger partial charge in [-0.1, -0.05) is 24.3 Å². The van der Waals surface area contributed by atoms with E-state index < -0.39 is 17.7 Å². The van der Waals surface area contributed by atoms with Gasteiger partial charge < -0.3 is 24.4 Å². The van der Waals surface area contributed by atoms with Crippen LogP contribution in [-0.4, -0.2) is 42.2 Å². The molecule has 0 aliphatic carbocycles. The summed E-state index contributed by atoms with van der Waals surface area (Å²) in [5.74, 6) is -1.04. The van der Waals surface area contributed by atoms with Crippen molar-refractivity contribution >= 4 is 23.1 Å². The average Bonchev–Trinajstić information content (AvgIpc) is 3.15. The largest absolute Gasteiger partial charge is 0.507 e. The Morgan fingerprint density at radius 3 is 2.39 bits per heavy atom. The molecule has 0 spiro atoms. The van der Waals surface area contributed by atoms with E-state index >= 15 is 0 Å². The molecule has 0 aromatic heterocycles. The van der Waals surface area contributed by atoms with Crippen LogP contribution in [0.4, 0.5) is 5.69 Å². The molecular weight excluding hydrogens is 462 g/mol. The SMILES string of the molecule is CCOc1cccc(N2C(=O)C(=O)/C(=C(\O)c3ccccc3OC)C2c2ccc(O)c(OCC)c2)c1. The number of aliphatic hydroxyl groups is 1. The highest BCUT2D eigenvalue weighted by molar-refractivity contribution is 6.51. The van der Waals surface area contributed by atoms with Crippen molar-refractivity contribution in [3.8, 4) is 23.0 Å². The summed E-state index contributed by atoms with van der Waals surface area (Å²) < 4.78 is 16.5. The van der Waals surface area contributed by atoms with Crippen molar-refractivity contribution in [2.24, 2.45) is 0 Å². The summed E-state index contributed by atoms with van der Waals surface area (Å²) in [6.45, 7) is 4.35. The number of rotatable bonds is 8. The molecule has 3 aromatic carbocycles. The Kier molecular flexibility index (Phi) is 7.15. The maximum absolute atomic E-state index is 13.4. The maximum Gasteiger partial charge on any atom is 0.300 e. The van der Waals surface area contributed by atoms with Crippen LogP contribution >= 0.6 is 0 Å². The first kappa shape index (κ1) is 24.7. The number of methoxy groups -OCH3 is 1. The van der Waals surface area contributed by atoms with Crippen LogP contribution in [0.3, 0.4) is 0 Å². The molecule has 8 nitrogen and oxygen atoms in total. The second-order valence-electron chi connectivity index (χ2n) is 7.96. The van der Waals surface area contributed by atoms with E-state index in [1.165, 1.54) is 18.1 Å². The molecule has 0 bridgehead atoms. The summed E-state index contributed by atoms with van der Waals surface area (Å²) >= 11 is 0. The van der Waals surface area contributed by atoms with E-state index in [0.29, 0.717) is 36.0 Å². The standard InChI is InChI=1S/C28H27NO7/c1-4-35-19-10-8-9-18(16-19)29-25(17-13-14-21(30)23(15-17)36-5-2)24(27(32)28(29)33)26(31)20-11-6-7-12-22(20)34-3/h6-16,25,30-31H,4-5H2,1-3H3/b26-24-. The second kappa shape index (κ2) is 10.4. The van der Waals surface area contributed by atoms with Gasteiger partial charge in [-0.2, -0.15) is 0 Å². The van der Waals surface area contributed by atoms with Gasteiger partial charge >= 0.3 is 0 Å². The van der Waals surface area contributed by atoms with E-state index in [1.54, 1.807) is 67.6 Å². The molecule has 1 heterocycles. The van der Waals surface area contributed by atoms with Crippen LogP contribution in [0.25, 0.3) is 5.76 Å². The number of anilines is 1. The normalized spacial score (nSPS) is 16.8. The minimum atomic E-state index is -1.01. The van der Waals surface area contributed by atoms with E-state index in [1.807, 2.05) is 6.92 Å². The van der Waals surface area contributed by atoms with Gasteiger partial charge in [0.15, 0.2) is 11.5 Å². The van der Waals surface area contributed by atoms with Crippen molar-refractivity contribution < 1.29 is 34.0 Å². The van der Waals surface area contributed by atoms with Crippen LogP contribution < -0.4 is 19.1 Å². The van der Waals surface area contributed by atoms with Gasteiger partial charge in [0.1, 0.15) is 17.3 Å². The molecule has 1 fully saturated rings. The topological polar surface area (TPSA) is 106 Å². The molecule has 1 aliphatic heterocycles. The molecule has 2 N–H and O–H groups in total. The number of hydrogen-bond donors (Lipinski definition) is 2. The molecule has 8 heteroatoms. The number of Topliss-reactive ketones (excluding diaryl/α,β-unsaturated/α-hetero) is 1. The summed E-state index contributed by atoms with van der Waals surface area (Å²) in [6.07, 6.45) is 0. The van der Waals surface area contributed by atoms with Crippen molar-refractivity contribution in [3.05, 3.63) is 83.4 Å². The predicted molar refractivity (Wildman–Crippen MR) is 135 cm³/mol. The third-order valence-corrected chi connectivity index (χ3v) is 5.81. The van der Waals surface area contributed by atoms with Crippen molar-refractivity contribution in [3.63, 3.8) is 0 Å². The zero-order chi connectivity index (χ0) is 25.8. The maximum atomic E-state index is 13.4. The fraction of sp³-hybridized carbons (Fsp3) is 0.214. The molecule has 0 saturated carbocycles. The van der Waals surface area contributed by atoms with Gasteiger partial charge in [0, 0.05) is 11.8 Å². The number of phenols is 1. The van der Waals surface area contributed by atoms with Gasteiger partial charge in [0.2, 0.25) is 0 Å². The van der Waals surface area contributed by atoms with Crippen molar-refractivity contribution in [1.82, 2.24) is 0 Å². The van der Waals surface area contributed by atoms with E-state index in [-0.39, 0.29) is 28.4 Å². The van der Waals surface area contributed by atoms with Gasteiger partial charge in [-0.3, -0.25) is 14.5 Å². The number of nitrogens with zero attached hydrogens (tertiary/aromatic N) is 1. The predicted octanol–water partition coefficient (Wildman–Crippen LogP) is 4.82. The molecule has 0 radical (unpaired) electrons. The monoisotopic (exact) mass is 489 g/mol. The molecule has 1 unspecified atom stereocenters. The summed E-state index contributed by atoms with van der Waals surface area (Å²) in [4.78, 5) is 28.1. The number of amides is 1. The van der Waals surface area contributed by atoms with Gasteiger partial charge in [-0.05, 0) is 55.8 Å². The molecule has 1 atom stereocenters. The molecule has 3 aromatic rings. The third-order valence-electron chi connectivity index (χ3n) is 5.81. The van der Waals surface area contributed by atoms with E-state index in [4.69, 9.17) is 14.2 Å². The van der Waals surface area contributed by atoms with Gasteiger partial charge in [-0.15, -0.1) is 0 Å². The van der Waals surface area contributed by atoms with Gasteiger partial charge in [0.25, 0.3) is 11.7 Å². The van der Waals surface area contributed by atoms with Crippen molar-refractivity contribution in [2.75, 3.05) is 25.2 Å². The number of aliphatic hydroxyl groups excluding tert-OH is 1. The summed E-state index contributed by atoms with van der Waals surface area (Å²) in [5.41, 5.74) is 1.04. The first-order valence-corrected chi connectivity index (χ1v) is 11.5. The molecule has 1 aliphatic rings. The van der Waals surface area contributed by atoms with Crippen molar-refractivity contribution in [2.45, 2.75) is 19.9 Å². The first-order valence-electron chi connectivity index (χ1n) is 11.5. The molecule has 1 amide bonds. The highest BCUT2D eigenvalue weighted by atomic mass is 16.5. The van der Waals surface area contributed by atoms with Crippen LogP contribution in [0.1, 0.15) is 31.0 Å². The lowest BCUT2D eigenvalue weighted by molar-refractivity contribution is -0.132. The molecule has 1 saturated heterocycles. The zero-order valence-corrected chi connectivity index (χ0v) is 20.2. The minimum Gasteiger partial charge on any atom is -0.507 e. The number of ether oxygens (including phenoxy) is 3. The lowest BCUT2D eigenvalue weighted by Crippen LogP contribution is -2.29. The molecular formula is C28H27NO7. The van der Waals surface area contributed by atoms with Crippen LogP contribution in [0.15, 0.2) is 72.3 Å². The average molecular weight is 490 g/mol. The Morgan fingerprint density at radius 1 is 0.917 bits per heavy atom. The van der Waals surface area contributed by atoms with Gasteiger partial charge in [0.05, 0.1) is 37.5 Å². The van der Waals surface area contributed by atoms with E-state index in [2.05, 4.69) is 0 Å². The Balaban J connectivity index is 1.97. The number of para-hydroxylation sites is 1. The molecule has 186 valence electrons. The smallest absolute Gasteiger partial charge is 0.300 e.